The lowest BCUT2D eigenvalue weighted by molar-refractivity contribution is -0.145. The van der Waals surface area contributed by atoms with Gasteiger partial charge in [0.15, 0.2) is 17.3 Å². The molecule has 0 saturated heterocycles. The highest BCUT2D eigenvalue weighted by Gasteiger charge is 2.24. The number of methoxy groups -OCH3 is 2. The maximum Gasteiger partial charge on any atom is 0.318 e. The van der Waals surface area contributed by atoms with Crippen LogP contribution in [0.5, 0.6) is 11.5 Å². The molecule has 6 heteroatoms. The van der Waals surface area contributed by atoms with Gasteiger partial charge in [-0.05, 0) is 29.3 Å². The lowest BCUT2D eigenvalue weighted by atomic mass is 9.91. The van der Waals surface area contributed by atoms with Gasteiger partial charge in [0.1, 0.15) is 18.2 Å². The molecule has 0 aliphatic carbocycles. The zero-order chi connectivity index (χ0) is 22.3. The van der Waals surface area contributed by atoms with Crippen molar-refractivity contribution in [2.45, 2.75) is 12.5 Å². The van der Waals surface area contributed by atoms with Crippen LogP contribution in [-0.4, -0.2) is 25.3 Å². The highest BCUT2D eigenvalue weighted by molar-refractivity contribution is 5.82. The van der Waals surface area contributed by atoms with Crippen molar-refractivity contribution in [1.29, 1.82) is 0 Å². The summed E-state index contributed by atoms with van der Waals surface area (Å²) in [6.07, 6.45) is 0. The molecule has 0 aliphatic heterocycles. The van der Waals surface area contributed by atoms with Crippen LogP contribution in [0.2, 0.25) is 0 Å². The van der Waals surface area contributed by atoms with Crippen LogP contribution in [0.4, 0.5) is 0 Å². The number of carbonyl (C=O) groups excluding carboxylic acids is 1. The molecule has 0 atom stereocenters. The number of rotatable bonds is 8. The van der Waals surface area contributed by atoms with Crippen molar-refractivity contribution >= 4 is 5.97 Å². The van der Waals surface area contributed by atoms with E-state index in [0.29, 0.717) is 23.0 Å². The first-order chi connectivity index (χ1) is 15.7. The number of aromatic nitrogens is 1. The topological polar surface area (TPSA) is 70.8 Å². The van der Waals surface area contributed by atoms with E-state index in [2.05, 4.69) is 5.16 Å². The summed E-state index contributed by atoms with van der Waals surface area (Å²) in [4.78, 5) is 13.0. The molecule has 1 aromatic heterocycles. The number of hydrogen-bond donors (Lipinski definition) is 0. The van der Waals surface area contributed by atoms with Gasteiger partial charge in [0, 0.05) is 11.6 Å². The van der Waals surface area contributed by atoms with Crippen LogP contribution in [0.15, 0.2) is 89.5 Å². The van der Waals surface area contributed by atoms with E-state index in [0.717, 1.165) is 16.7 Å². The Morgan fingerprint density at radius 2 is 1.47 bits per heavy atom. The molecule has 162 valence electrons. The number of carbonyl (C=O) groups is 1. The van der Waals surface area contributed by atoms with E-state index in [4.69, 9.17) is 18.7 Å². The van der Waals surface area contributed by atoms with Gasteiger partial charge in [-0.3, -0.25) is 4.79 Å². The third-order valence-electron chi connectivity index (χ3n) is 5.09. The van der Waals surface area contributed by atoms with Crippen LogP contribution in [0, 0.1) is 0 Å². The molecule has 6 nitrogen and oxygen atoms in total. The Morgan fingerprint density at radius 1 is 0.844 bits per heavy atom. The third kappa shape index (κ3) is 4.64. The molecule has 0 radical (unpaired) electrons. The molecular formula is C26H23NO5. The van der Waals surface area contributed by atoms with Gasteiger partial charge in [-0.2, -0.15) is 0 Å². The van der Waals surface area contributed by atoms with Gasteiger partial charge in [-0.1, -0.05) is 65.8 Å². The third-order valence-corrected chi connectivity index (χ3v) is 5.09. The second-order valence-electron chi connectivity index (χ2n) is 7.11. The SMILES string of the molecule is COc1ccc(-c2cc(COC(=O)C(c3ccccc3)c3ccccc3)no2)cc1OC. The first kappa shape index (κ1) is 21.2. The quantitative estimate of drug-likeness (QED) is 0.357. The Morgan fingerprint density at radius 3 is 2.06 bits per heavy atom. The predicted molar refractivity (Wildman–Crippen MR) is 120 cm³/mol. The summed E-state index contributed by atoms with van der Waals surface area (Å²) in [5.41, 5.74) is 3.03. The highest BCUT2D eigenvalue weighted by Crippen LogP contribution is 2.33. The van der Waals surface area contributed by atoms with E-state index in [-0.39, 0.29) is 12.6 Å². The zero-order valence-electron chi connectivity index (χ0n) is 17.9. The fourth-order valence-electron chi connectivity index (χ4n) is 3.49. The average molecular weight is 429 g/mol. The molecule has 0 unspecified atom stereocenters. The fourth-order valence-corrected chi connectivity index (χ4v) is 3.49. The summed E-state index contributed by atoms with van der Waals surface area (Å²) in [5, 5.41) is 4.04. The average Bonchev–Trinajstić information content (AvgIpc) is 3.33. The normalized spacial score (nSPS) is 10.7. The van der Waals surface area contributed by atoms with E-state index in [9.17, 15) is 4.79 Å². The maximum absolute atomic E-state index is 13.0. The van der Waals surface area contributed by atoms with Crippen LogP contribution >= 0.6 is 0 Å². The number of hydrogen-bond acceptors (Lipinski definition) is 6. The Kier molecular flexibility index (Phi) is 6.51. The van der Waals surface area contributed by atoms with Crippen LogP contribution in [0.3, 0.4) is 0 Å². The minimum absolute atomic E-state index is 0.00574. The molecule has 0 aliphatic rings. The number of esters is 1. The molecule has 0 spiro atoms. The molecule has 0 N–H and O–H groups in total. The summed E-state index contributed by atoms with van der Waals surface area (Å²) in [5.74, 6) is 0.882. The standard InChI is InChI=1S/C26H23NO5/c1-29-22-14-13-20(15-24(22)30-2)23-16-21(27-32-23)17-31-26(28)25(18-9-5-3-6-10-18)19-11-7-4-8-12-19/h3-16,25H,17H2,1-2H3. The van der Waals surface area contributed by atoms with Gasteiger partial charge in [0.2, 0.25) is 0 Å². The van der Waals surface area contributed by atoms with Gasteiger partial charge in [0.05, 0.1) is 14.2 Å². The number of benzene rings is 3. The van der Waals surface area contributed by atoms with E-state index >= 15 is 0 Å². The van der Waals surface area contributed by atoms with E-state index in [1.54, 1.807) is 32.4 Å². The van der Waals surface area contributed by atoms with Crippen LogP contribution in [0.25, 0.3) is 11.3 Å². The van der Waals surface area contributed by atoms with Crippen LogP contribution in [0.1, 0.15) is 22.7 Å². The molecule has 0 saturated carbocycles. The minimum Gasteiger partial charge on any atom is -0.493 e. The van der Waals surface area contributed by atoms with Crippen molar-refractivity contribution in [3.63, 3.8) is 0 Å². The van der Waals surface area contributed by atoms with Crippen molar-refractivity contribution in [2.24, 2.45) is 0 Å². The van der Waals surface area contributed by atoms with E-state index < -0.39 is 5.92 Å². The van der Waals surface area contributed by atoms with Crippen molar-refractivity contribution < 1.29 is 23.5 Å². The molecule has 0 bridgehead atoms. The first-order valence-corrected chi connectivity index (χ1v) is 10.1. The smallest absolute Gasteiger partial charge is 0.318 e. The Balaban J connectivity index is 1.50. The van der Waals surface area contributed by atoms with E-state index in [1.807, 2.05) is 66.7 Å². The second kappa shape index (κ2) is 9.83. The molecule has 4 aromatic rings. The summed E-state index contributed by atoms with van der Waals surface area (Å²) in [6, 6.07) is 26.3. The molecular weight excluding hydrogens is 406 g/mol. The van der Waals surface area contributed by atoms with Crippen molar-refractivity contribution in [3.05, 3.63) is 102 Å². The molecule has 32 heavy (non-hydrogen) atoms. The second-order valence-corrected chi connectivity index (χ2v) is 7.11. The van der Waals surface area contributed by atoms with Crippen molar-refractivity contribution in [3.8, 4) is 22.8 Å². The van der Waals surface area contributed by atoms with Gasteiger partial charge < -0.3 is 18.7 Å². The number of nitrogens with zero attached hydrogens (tertiary/aromatic N) is 1. The molecule has 1 heterocycles. The molecule has 0 fully saturated rings. The largest absolute Gasteiger partial charge is 0.493 e. The van der Waals surface area contributed by atoms with E-state index in [1.165, 1.54) is 0 Å². The summed E-state index contributed by atoms with van der Waals surface area (Å²) in [7, 11) is 3.15. The summed E-state index contributed by atoms with van der Waals surface area (Å²) in [6.45, 7) is 0.00574. The van der Waals surface area contributed by atoms with Gasteiger partial charge in [-0.25, -0.2) is 0 Å². The summed E-state index contributed by atoms with van der Waals surface area (Å²) >= 11 is 0. The highest BCUT2D eigenvalue weighted by atomic mass is 16.5. The zero-order valence-corrected chi connectivity index (χ0v) is 17.9. The first-order valence-electron chi connectivity index (χ1n) is 10.1. The van der Waals surface area contributed by atoms with Gasteiger partial charge in [-0.15, -0.1) is 0 Å². The monoisotopic (exact) mass is 429 g/mol. The Bertz CT molecular complexity index is 1130. The van der Waals surface area contributed by atoms with Gasteiger partial charge >= 0.3 is 5.97 Å². The maximum atomic E-state index is 13.0. The van der Waals surface area contributed by atoms with Gasteiger partial charge in [0.25, 0.3) is 0 Å². The molecule has 0 amide bonds. The lowest BCUT2D eigenvalue weighted by Gasteiger charge is -2.16. The Hall–Kier alpha value is -4.06. The molecule has 4 rings (SSSR count). The number of ether oxygens (including phenoxy) is 3. The fraction of sp³-hybridized carbons (Fsp3) is 0.154. The van der Waals surface area contributed by atoms with Crippen LogP contribution in [-0.2, 0) is 16.1 Å². The van der Waals surface area contributed by atoms with Crippen molar-refractivity contribution in [1.82, 2.24) is 5.16 Å². The minimum atomic E-state index is -0.519. The Labute approximate surface area is 186 Å². The predicted octanol–water partition coefficient (Wildman–Crippen LogP) is 5.23. The lowest BCUT2D eigenvalue weighted by Crippen LogP contribution is -2.17. The van der Waals surface area contributed by atoms with Crippen molar-refractivity contribution in [2.75, 3.05) is 14.2 Å². The van der Waals surface area contributed by atoms with Crippen LogP contribution < -0.4 is 9.47 Å². The molecule has 3 aromatic carbocycles. The summed E-state index contributed by atoms with van der Waals surface area (Å²) < 4.78 is 21.7.